The Morgan fingerprint density at radius 2 is 1.36 bits per heavy atom. The lowest BCUT2D eigenvalue weighted by atomic mass is 10.1. The van der Waals surface area contributed by atoms with Gasteiger partial charge in [-0.05, 0) is 42.3 Å². The highest BCUT2D eigenvalue weighted by molar-refractivity contribution is 6.29. The van der Waals surface area contributed by atoms with Crippen LogP contribution in [0.15, 0.2) is 48.5 Å². The molecule has 1 atom stereocenters. The smallest absolute Gasteiger partial charge is 0.426 e. The van der Waals surface area contributed by atoms with Gasteiger partial charge in [0, 0.05) is 7.11 Å². The van der Waals surface area contributed by atoms with E-state index in [-0.39, 0.29) is 25.6 Å². The van der Waals surface area contributed by atoms with Crippen LogP contribution in [0.1, 0.15) is 6.92 Å². The molecule has 0 N–H and O–H groups in total. The molecule has 0 aliphatic carbocycles. The maximum Gasteiger partial charge on any atom is 0.494 e. The number of hydrogen-bond acceptors (Lipinski definition) is 6. The molecule has 33 heavy (non-hydrogen) atoms. The molecule has 0 spiro atoms. The van der Waals surface area contributed by atoms with Crippen LogP contribution < -0.4 is 9.47 Å². The lowest BCUT2D eigenvalue weighted by Crippen LogP contribution is -2.47. The van der Waals surface area contributed by atoms with Crippen LogP contribution >= 0.6 is 11.6 Å². The first kappa shape index (κ1) is 26.8. The fourth-order valence-electron chi connectivity index (χ4n) is 2.39. The summed E-state index contributed by atoms with van der Waals surface area (Å²) in [7, 11) is 1.43. The molecule has 0 heterocycles. The lowest BCUT2D eigenvalue weighted by molar-refractivity contribution is -0.408. The van der Waals surface area contributed by atoms with Crippen molar-refractivity contribution in [2.45, 2.75) is 24.5 Å². The molecule has 0 saturated heterocycles. The number of alkyl halides is 5. The zero-order chi connectivity index (χ0) is 24.5. The van der Waals surface area contributed by atoms with Crippen LogP contribution in [0.2, 0.25) is 0 Å². The highest BCUT2D eigenvalue weighted by atomic mass is 35.5. The van der Waals surface area contributed by atoms with E-state index in [9.17, 15) is 22.4 Å². The summed E-state index contributed by atoms with van der Waals surface area (Å²) in [6.45, 7) is 0.754. The lowest BCUT2D eigenvalue weighted by Gasteiger charge is -2.26. The number of carbonyl (C=O) groups excluding carboxylic acids is 1. The molecular weight excluding hydrogens is 472 g/mol. The Balaban J connectivity index is 1.95. The van der Waals surface area contributed by atoms with Crippen molar-refractivity contribution in [2.24, 2.45) is 0 Å². The predicted octanol–water partition coefficient (Wildman–Crippen LogP) is 5.13. The van der Waals surface area contributed by atoms with Crippen molar-refractivity contribution in [3.05, 3.63) is 48.5 Å². The topological polar surface area (TPSA) is 63.2 Å². The summed E-state index contributed by atoms with van der Waals surface area (Å²) in [4.78, 5) is 11.5. The van der Waals surface area contributed by atoms with Crippen LogP contribution in [-0.2, 0) is 19.0 Å². The number of esters is 1. The number of benzene rings is 2. The average Bonchev–Trinajstić information content (AvgIpc) is 2.77. The minimum Gasteiger partial charge on any atom is -0.426 e. The molecule has 0 aliphatic heterocycles. The molecule has 0 saturated carbocycles. The molecule has 0 amide bonds. The van der Waals surface area contributed by atoms with E-state index in [0.717, 1.165) is 12.1 Å². The highest BCUT2D eigenvalue weighted by Gasteiger charge is 2.61. The van der Waals surface area contributed by atoms with Crippen LogP contribution in [0.5, 0.6) is 11.5 Å². The van der Waals surface area contributed by atoms with Gasteiger partial charge in [0.25, 0.3) is 0 Å². The second-order valence-electron chi connectivity index (χ2n) is 6.68. The third-order valence-electron chi connectivity index (χ3n) is 4.11. The molecule has 182 valence electrons. The highest BCUT2D eigenvalue weighted by Crippen LogP contribution is 2.37. The second kappa shape index (κ2) is 12.2. The molecule has 1 unspecified atom stereocenters. The van der Waals surface area contributed by atoms with Gasteiger partial charge in [0.05, 0.1) is 26.4 Å². The third kappa shape index (κ3) is 8.15. The van der Waals surface area contributed by atoms with E-state index < -0.39 is 35.9 Å². The number of rotatable bonds is 13. The zero-order valence-electron chi connectivity index (χ0n) is 17.9. The quantitative estimate of drug-likeness (QED) is 0.126. The van der Waals surface area contributed by atoms with Crippen LogP contribution in [0.25, 0.3) is 11.1 Å². The summed E-state index contributed by atoms with van der Waals surface area (Å²) in [5.74, 6) is -0.807. The van der Waals surface area contributed by atoms with Crippen molar-refractivity contribution in [1.82, 2.24) is 0 Å². The van der Waals surface area contributed by atoms with Gasteiger partial charge in [-0.15, -0.1) is 11.6 Å². The fraction of sp³-hybridized carbons (Fsp3) is 0.409. The number of ether oxygens (including phenoxy) is 5. The Kier molecular flexibility index (Phi) is 9.90. The number of carbonyl (C=O) groups is 1. The van der Waals surface area contributed by atoms with Crippen LogP contribution in [0.3, 0.4) is 0 Å². The van der Waals surface area contributed by atoms with Gasteiger partial charge < -0.3 is 23.7 Å². The maximum atomic E-state index is 13.9. The third-order valence-corrected chi connectivity index (χ3v) is 4.29. The Morgan fingerprint density at radius 3 is 1.88 bits per heavy atom. The van der Waals surface area contributed by atoms with E-state index in [1.165, 1.54) is 38.3 Å². The van der Waals surface area contributed by atoms with E-state index in [4.69, 9.17) is 25.8 Å². The molecule has 2 aromatic carbocycles. The minimum absolute atomic E-state index is 0.116. The standard InChI is InChI=1S/C22H23ClF4O6/c1-15(23)20(28)32-18-7-3-16(4-8-18)17-5-9-19(10-6-17)33-22(26,27)21(24,25)31-14-13-30-12-11-29-2/h3-10,15H,11-14H2,1-2H3. The summed E-state index contributed by atoms with van der Waals surface area (Å²) in [5, 5.41) is -0.803. The minimum atomic E-state index is -4.91. The summed E-state index contributed by atoms with van der Waals surface area (Å²) >= 11 is 5.64. The molecule has 0 fully saturated rings. The van der Waals surface area contributed by atoms with Crippen molar-refractivity contribution in [3.63, 3.8) is 0 Å². The molecular formula is C22H23ClF4O6. The average molecular weight is 495 g/mol. The van der Waals surface area contributed by atoms with Gasteiger partial charge >= 0.3 is 18.2 Å². The van der Waals surface area contributed by atoms with E-state index in [0.29, 0.717) is 11.1 Å². The summed E-state index contributed by atoms with van der Waals surface area (Å²) in [6, 6.07) is 11.4. The van der Waals surface area contributed by atoms with Crippen LogP contribution in [-0.4, -0.2) is 57.1 Å². The zero-order valence-corrected chi connectivity index (χ0v) is 18.6. The SMILES string of the molecule is COCCOCCOC(F)(F)C(F)(F)Oc1ccc(-c2ccc(OC(=O)C(C)Cl)cc2)cc1. The Morgan fingerprint density at radius 1 is 0.848 bits per heavy atom. The number of hydrogen-bond donors (Lipinski definition) is 0. The van der Waals surface area contributed by atoms with Gasteiger partial charge in [0.2, 0.25) is 0 Å². The molecule has 0 radical (unpaired) electrons. The molecule has 6 nitrogen and oxygen atoms in total. The first-order valence-corrected chi connectivity index (χ1v) is 10.2. The van der Waals surface area contributed by atoms with E-state index >= 15 is 0 Å². The van der Waals surface area contributed by atoms with Crippen molar-refractivity contribution >= 4 is 17.6 Å². The van der Waals surface area contributed by atoms with E-state index in [1.54, 1.807) is 12.1 Å². The largest absolute Gasteiger partial charge is 0.494 e. The van der Waals surface area contributed by atoms with Gasteiger partial charge in [-0.1, -0.05) is 24.3 Å². The monoisotopic (exact) mass is 494 g/mol. The second-order valence-corrected chi connectivity index (χ2v) is 7.33. The molecule has 11 heteroatoms. The Labute approximate surface area is 193 Å². The van der Waals surface area contributed by atoms with E-state index in [1.807, 2.05) is 0 Å². The fourth-order valence-corrected chi connectivity index (χ4v) is 2.44. The van der Waals surface area contributed by atoms with Crippen molar-refractivity contribution < 1.29 is 46.0 Å². The Bertz CT molecular complexity index is 875. The van der Waals surface area contributed by atoms with Crippen molar-refractivity contribution in [1.29, 1.82) is 0 Å². The van der Waals surface area contributed by atoms with Gasteiger partial charge in [-0.25, -0.2) is 0 Å². The van der Waals surface area contributed by atoms with Crippen molar-refractivity contribution in [2.75, 3.05) is 33.5 Å². The first-order chi connectivity index (χ1) is 15.6. The number of methoxy groups -OCH3 is 1. The van der Waals surface area contributed by atoms with Gasteiger partial charge in [0.1, 0.15) is 16.9 Å². The molecule has 0 aliphatic rings. The molecule has 0 bridgehead atoms. The normalized spacial score (nSPS) is 12.9. The number of halogens is 5. The maximum absolute atomic E-state index is 13.9. The van der Waals surface area contributed by atoms with E-state index in [2.05, 4.69) is 9.47 Å². The van der Waals surface area contributed by atoms with Gasteiger partial charge in [0.15, 0.2) is 0 Å². The molecule has 2 aromatic rings. The summed E-state index contributed by atoms with van der Waals surface area (Å²) in [5.41, 5.74) is 1.25. The first-order valence-electron chi connectivity index (χ1n) is 9.77. The van der Waals surface area contributed by atoms with Gasteiger partial charge in [-0.3, -0.25) is 4.79 Å². The summed E-state index contributed by atoms with van der Waals surface area (Å²) < 4.78 is 78.2. The van der Waals surface area contributed by atoms with Crippen LogP contribution in [0, 0.1) is 0 Å². The van der Waals surface area contributed by atoms with Crippen LogP contribution in [0.4, 0.5) is 17.6 Å². The predicted molar refractivity (Wildman–Crippen MR) is 112 cm³/mol. The summed E-state index contributed by atoms with van der Waals surface area (Å²) in [6.07, 6.45) is -9.78. The van der Waals surface area contributed by atoms with Crippen molar-refractivity contribution in [3.8, 4) is 22.6 Å². The Hall–Kier alpha value is -2.40. The molecule has 0 aromatic heterocycles. The molecule has 2 rings (SSSR count). The van der Waals surface area contributed by atoms with Gasteiger partial charge in [-0.2, -0.15) is 17.6 Å².